The molecule has 1 aliphatic heterocycles. The summed E-state index contributed by atoms with van der Waals surface area (Å²) in [5, 5.41) is 11.4. The van der Waals surface area contributed by atoms with Gasteiger partial charge in [-0.1, -0.05) is 69.7 Å². The van der Waals surface area contributed by atoms with E-state index in [0.717, 1.165) is 43.6 Å². The minimum absolute atomic E-state index is 0.0976. The average molecular weight is 571 g/mol. The zero-order chi connectivity index (χ0) is 29.9. The lowest BCUT2D eigenvalue weighted by Gasteiger charge is -2.27. The lowest BCUT2D eigenvalue weighted by molar-refractivity contribution is -0.140. The van der Waals surface area contributed by atoms with Crippen LogP contribution in [0, 0.1) is 0 Å². The third-order valence-electron chi connectivity index (χ3n) is 7.65. The van der Waals surface area contributed by atoms with Gasteiger partial charge in [0, 0.05) is 12.1 Å². The van der Waals surface area contributed by atoms with Gasteiger partial charge in [-0.3, -0.25) is 9.59 Å². The summed E-state index contributed by atoms with van der Waals surface area (Å²) < 4.78 is 11.7. The van der Waals surface area contributed by atoms with Gasteiger partial charge in [-0.05, 0) is 80.0 Å². The zero-order valence-corrected chi connectivity index (χ0v) is 24.9. The highest BCUT2D eigenvalue weighted by molar-refractivity contribution is 6.46. The van der Waals surface area contributed by atoms with Crippen molar-refractivity contribution in [2.75, 3.05) is 32.8 Å². The summed E-state index contributed by atoms with van der Waals surface area (Å²) in [6.45, 7) is 10.4. The smallest absolute Gasteiger partial charge is 0.295 e. The van der Waals surface area contributed by atoms with Gasteiger partial charge < -0.3 is 24.4 Å². The van der Waals surface area contributed by atoms with E-state index in [1.807, 2.05) is 54.6 Å². The zero-order valence-electron chi connectivity index (χ0n) is 24.9. The van der Waals surface area contributed by atoms with Crippen LogP contribution in [0.15, 0.2) is 84.4 Å². The molecule has 3 aromatic rings. The van der Waals surface area contributed by atoms with E-state index in [0.29, 0.717) is 43.2 Å². The van der Waals surface area contributed by atoms with Crippen LogP contribution in [-0.2, 0) is 16.2 Å². The highest BCUT2D eigenvalue weighted by Gasteiger charge is 2.45. The number of benzene rings is 3. The second-order valence-electron chi connectivity index (χ2n) is 10.4. The Morgan fingerprint density at radius 2 is 1.48 bits per heavy atom. The van der Waals surface area contributed by atoms with Crippen LogP contribution in [0.3, 0.4) is 0 Å². The van der Waals surface area contributed by atoms with E-state index in [2.05, 4.69) is 25.7 Å². The molecule has 1 atom stereocenters. The summed E-state index contributed by atoms with van der Waals surface area (Å²) in [5.74, 6) is -0.0774. The first-order chi connectivity index (χ1) is 20.5. The topological polar surface area (TPSA) is 79.3 Å². The standard InChI is InChI=1S/C35H42N2O5/c1-4-7-24-41-29-20-16-28(17-21-29)33(38)31-32(37(35(40)34(31)39)23-11-22-36(5-2)6-3)27-14-18-30(19-15-27)42-25-26-12-9-8-10-13-26/h8-10,12-21,32,38H,4-7,11,22-25H2,1-3H3/b33-31-. The second-order valence-corrected chi connectivity index (χ2v) is 10.4. The van der Waals surface area contributed by atoms with E-state index in [1.165, 1.54) is 0 Å². The number of ketones is 1. The molecule has 7 nitrogen and oxygen atoms in total. The summed E-state index contributed by atoms with van der Waals surface area (Å²) in [6.07, 6.45) is 2.71. The van der Waals surface area contributed by atoms with E-state index in [1.54, 1.807) is 29.2 Å². The van der Waals surface area contributed by atoms with Gasteiger partial charge in [-0.15, -0.1) is 0 Å². The maximum absolute atomic E-state index is 13.4. The number of rotatable bonds is 15. The van der Waals surface area contributed by atoms with Gasteiger partial charge in [0.15, 0.2) is 0 Å². The Hall–Kier alpha value is -4.10. The predicted molar refractivity (Wildman–Crippen MR) is 165 cm³/mol. The number of unbranched alkanes of at least 4 members (excludes halogenated alkanes) is 1. The van der Waals surface area contributed by atoms with Crippen LogP contribution >= 0.6 is 0 Å². The fraction of sp³-hybridized carbons (Fsp3) is 0.371. The Balaban J connectivity index is 1.62. The second kappa shape index (κ2) is 15.2. The fourth-order valence-electron chi connectivity index (χ4n) is 5.15. The molecule has 0 aliphatic carbocycles. The van der Waals surface area contributed by atoms with Crippen LogP contribution in [0.5, 0.6) is 11.5 Å². The average Bonchev–Trinajstić information content (AvgIpc) is 3.28. The normalized spacial score (nSPS) is 16.3. The Morgan fingerprint density at radius 3 is 2.12 bits per heavy atom. The number of ether oxygens (including phenoxy) is 2. The molecule has 3 aromatic carbocycles. The number of hydrogen-bond acceptors (Lipinski definition) is 6. The minimum Gasteiger partial charge on any atom is -0.507 e. The first-order valence-electron chi connectivity index (χ1n) is 15.0. The third-order valence-corrected chi connectivity index (χ3v) is 7.65. The highest BCUT2D eigenvalue weighted by Crippen LogP contribution is 2.40. The van der Waals surface area contributed by atoms with Gasteiger partial charge in [-0.25, -0.2) is 0 Å². The molecular weight excluding hydrogens is 528 g/mol. The largest absolute Gasteiger partial charge is 0.507 e. The van der Waals surface area contributed by atoms with Crippen LogP contribution in [0.25, 0.3) is 5.76 Å². The number of carbonyl (C=O) groups excluding carboxylic acids is 2. The summed E-state index contributed by atoms with van der Waals surface area (Å²) >= 11 is 0. The predicted octanol–water partition coefficient (Wildman–Crippen LogP) is 6.60. The summed E-state index contributed by atoms with van der Waals surface area (Å²) in [4.78, 5) is 30.7. The van der Waals surface area contributed by atoms with Crippen molar-refractivity contribution in [2.24, 2.45) is 0 Å². The van der Waals surface area contributed by atoms with Gasteiger partial charge in [0.25, 0.3) is 11.7 Å². The fourth-order valence-corrected chi connectivity index (χ4v) is 5.15. The maximum Gasteiger partial charge on any atom is 0.295 e. The van der Waals surface area contributed by atoms with Crippen LogP contribution in [0.1, 0.15) is 62.8 Å². The summed E-state index contributed by atoms with van der Waals surface area (Å²) in [7, 11) is 0. The molecule has 0 spiro atoms. The molecule has 7 heteroatoms. The number of Topliss-reactive ketones (excluding diaryl/α,β-unsaturated/α-hetero) is 1. The molecule has 0 radical (unpaired) electrons. The molecule has 0 bridgehead atoms. The minimum atomic E-state index is -0.703. The van der Waals surface area contributed by atoms with Crippen molar-refractivity contribution in [2.45, 2.75) is 52.7 Å². The number of carbonyl (C=O) groups is 2. The monoisotopic (exact) mass is 570 g/mol. The van der Waals surface area contributed by atoms with E-state index >= 15 is 0 Å². The maximum atomic E-state index is 13.4. The number of aliphatic hydroxyl groups is 1. The van der Waals surface area contributed by atoms with E-state index in [4.69, 9.17) is 9.47 Å². The molecule has 1 heterocycles. The number of aliphatic hydroxyl groups excluding tert-OH is 1. The van der Waals surface area contributed by atoms with Crippen LogP contribution in [0.4, 0.5) is 0 Å². The first-order valence-corrected chi connectivity index (χ1v) is 15.0. The van der Waals surface area contributed by atoms with Gasteiger partial charge in [0.2, 0.25) is 0 Å². The molecule has 4 rings (SSSR count). The molecule has 1 amide bonds. The number of hydrogen-bond donors (Lipinski definition) is 1. The summed E-state index contributed by atoms with van der Waals surface area (Å²) in [6, 6.07) is 23.6. The lowest BCUT2D eigenvalue weighted by atomic mass is 9.95. The van der Waals surface area contributed by atoms with E-state index in [-0.39, 0.29) is 11.3 Å². The Labute approximate surface area is 249 Å². The van der Waals surface area contributed by atoms with Crippen molar-refractivity contribution in [1.29, 1.82) is 0 Å². The Morgan fingerprint density at radius 1 is 0.833 bits per heavy atom. The van der Waals surface area contributed by atoms with E-state index < -0.39 is 17.7 Å². The van der Waals surface area contributed by atoms with E-state index in [9.17, 15) is 14.7 Å². The molecule has 1 saturated heterocycles. The van der Waals surface area contributed by atoms with Gasteiger partial charge >= 0.3 is 0 Å². The van der Waals surface area contributed by atoms with Crippen LogP contribution in [0.2, 0.25) is 0 Å². The third kappa shape index (κ3) is 7.59. The molecule has 0 saturated carbocycles. The van der Waals surface area contributed by atoms with Crippen molar-refractivity contribution in [3.63, 3.8) is 0 Å². The van der Waals surface area contributed by atoms with Gasteiger partial charge in [-0.2, -0.15) is 0 Å². The van der Waals surface area contributed by atoms with Crippen molar-refractivity contribution >= 4 is 17.4 Å². The molecular formula is C35H42N2O5. The number of amides is 1. The number of nitrogens with zero attached hydrogens (tertiary/aromatic N) is 2. The first kappa shape index (κ1) is 30.8. The number of likely N-dealkylation sites (tertiary alicyclic amines) is 1. The molecule has 0 aromatic heterocycles. The van der Waals surface area contributed by atoms with Gasteiger partial charge in [0.05, 0.1) is 18.2 Å². The molecule has 42 heavy (non-hydrogen) atoms. The molecule has 1 fully saturated rings. The van der Waals surface area contributed by atoms with Crippen LogP contribution in [-0.4, -0.2) is 59.4 Å². The van der Waals surface area contributed by atoms with Gasteiger partial charge in [0.1, 0.15) is 23.9 Å². The van der Waals surface area contributed by atoms with Crippen molar-refractivity contribution in [3.05, 3.63) is 101 Å². The molecule has 1 unspecified atom stereocenters. The summed E-state index contributed by atoms with van der Waals surface area (Å²) in [5.41, 5.74) is 2.36. The van der Waals surface area contributed by atoms with Crippen molar-refractivity contribution in [1.82, 2.24) is 9.80 Å². The molecule has 222 valence electrons. The van der Waals surface area contributed by atoms with Crippen molar-refractivity contribution in [3.8, 4) is 11.5 Å². The van der Waals surface area contributed by atoms with Crippen LogP contribution < -0.4 is 9.47 Å². The van der Waals surface area contributed by atoms with Crippen molar-refractivity contribution < 1.29 is 24.2 Å². The Bertz CT molecular complexity index is 1330. The quantitative estimate of drug-likeness (QED) is 0.0960. The molecule has 1 aliphatic rings. The molecule has 1 N–H and O–H groups in total. The lowest BCUT2D eigenvalue weighted by Crippen LogP contribution is -2.33. The highest BCUT2D eigenvalue weighted by atomic mass is 16.5. The SMILES string of the molecule is CCCCOc1ccc(/C(O)=C2/C(=O)C(=O)N(CCCN(CC)CC)C2c2ccc(OCc3ccccc3)cc2)cc1. The Kier molecular flexibility index (Phi) is 11.2.